The predicted molar refractivity (Wildman–Crippen MR) is 106 cm³/mol. The van der Waals surface area contributed by atoms with E-state index in [1.165, 1.54) is 6.07 Å². The number of aryl methyl sites for hydroxylation is 1. The third-order valence-corrected chi connectivity index (χ3v) is 5.32. The van der Waals surface area contributed by atoms with Crippen LogP contribution in [0.5, 0.6) is 0 Å². The van der Waals surface area contributed by atoms with Gasteiger partial charge in [-0.05, 0) is 35.7 Å². The molecule has 0 N–H and O–H groups in total. The van der Waals surface area contributed by atoms with Gasteiger partial charge < -0.3 is 13.9 Å². The van der Waals surface area contributed by atoms with Crippen molar-refractivity contribution in [2.75, 3.05) is 0 Å². The van der Waals surface area contributed by atoms with Gasteiger partial charge in [-0.25, -0.2) is 0 Å². The van der Waals surface area contributed by atoms with Crippen molar-refractivity contribution >= 4 is 28.2 Å². The molecule has 0 unspecified atom stereocenters. The number of nitrogens with zero attached hydrogens (tertiary/aromatic N) is 2. The Bertz CT molecular complexity index is 1140. The Morgan fingerprint density at radius 2 is 1.96 bits per heavy atom. The van der Waals surface area contributed by atoms with E-state index in [9.17, 15) is 9.59 Å². The molecule has 6 heteroatoms. The molecule has 0 aliphatic heterocycles. The van der Waals surface area contributed by atoms with Crippen molar-refractivity contribution in [3.05, 3.63) is 92.7 Å². The van der Waals surface area contributed by atoms with Crippen molar-refractivity contribution in [2.45, 2.75) is 13.1 Å². The minimum Gasteiger partial charge on any atom is -0.451 e. The first-order chi connectivity index (χ1) is 13.1. The van der Waals surface area contributed by atoms with Crippen LogP contribution in [0, 0.1) is 0 Å². The van der Waals surface area contributed by atoms with Gasteiger partial charge in [-0.3, -0.25) is 9.59 Å². The van der Waals surface area contributed by atoms with E-state index < -0.39 is 0 Å². The number of thiophene rings is 1. The molecular formula is C21H18N2O3S. The van der Waals surface area contributed by atoms with Gasteiger partial charge in [-0.2, -0.15) is 0 Å². The molecule has 4 aromatic rings. The summed E-state index contributed by atoms with van der Waals surface area (Å²) in [6.45, 7) is 0.884. The molecule has 0 radical (unpaired) electrons. The Morgan fingerprint density at radius 1 is 1.11 bits per heavy atom. The highest BCUT2D eigenvalue weighted by Crippen LogP contribution is 2.19. The van der Waals surface area contributed by atoms with Gasteiger partial charge in [0.1, 0.15) is 5.58 Å². The summed E-state index contributed by atoms with van der Waals surface area (Å²) in [5, 5.41) is 2.46. The summed E-state index contributed by atoms with van der Waals surface area (Å²) < 4.78 is 7.74. The number of carbonyl (C=O) groups excluding carboxylic acids is 1. The summed E-state index contributed by atoms with van der Waals surface area (Å²) in [6.07, 6.45) is 1.94. The fourth-order valence-electron chi connectivity index (χ4n) is 3.01. The molecule has 27 heavy (non-hydrogen) atoms. The quantitative estimate of drug-likeness (QED) is 0.527. The van der Waals surface area contributed by atoms with Crippen molar-refractivity contribution < 1.29 is 9.21 Å². The maximum absolute atomic E-state index is 13.2. The fourth-order valence-corrected chi connectivity index (χ4v) is 3.73. The molecule has 5 nitrogen and oxygen atoms in total. The number of fused-ring (bicyclic) bond motifs is 1. The van der Waals surface area contributed by atoms with Gasteiger partial charge in [-0.1, -0.05) is 18.2 Å². The van der Waals surface area contributed by atoms with Crippen LogP contribution in [-0.4, -0.2) is 15.4 Å². The molecule has 0 aliphatic carbocycles. The molecule has 3 heterocycles. The van der Waals surface area contributed by atoms with Crippen LogP contribution in [0.15, 0.2) is 75.4 Å². The molecule has 4 rings (SSSR count). The minimum atomic E-state index is -0.299. The van der Waals surface area contributed by atoms with Gasteiger partial charge >= 0.3 is 0 Å². The standard InChI is InChI=1S/C21H18N2O3S/c1-22-10-4-6-15(22)13-23(14-16-7-5-11-27-16)21(25)20-12-18(24)17-8-2-3-9-19(17)26-20/h2-12H,13-14H2,1H3. The van der Waals surface area contributed by atoms with Crippen molar-refractivity contribution in [3.8, 4) is 0 Å². The molecule has 0 atom stereocenters. The fraction of sp³-hybridized carbons (Fsp3) is 0.143. The largest absolute Gasteiger partial charge is 0.451 e. The number of carbonyl (C=O) groups is 1. The molecule has 0 saturated carbocycles. The summed E-state index contributed by atoms with van der Waals surface area (Å²) in [5.74, 6) is -0.239. The van der Waals surface area contributed by atoms with E-state index >= 15 is 0 Å². The Labute approximate surface area is 160 Å². The maximum atomic E-state index is 13.2. The number of aromatic nitrogens is 1. The van der Waals surface area contributed by atoms with Crippen LogP contribution in [-0.2, 0) is 20.1 Å². The Kier molecular flexibility index (Phi) is 4.64. The highest BCUT2D eigenvalue weighted by molar-refractivity contribution is 7.09. The molecular weight excluding hydrogens is 360 g/mol. The average molecular weight is 378 g/mol. The van der Waals surface area contributed by atoms with E-state index in [1.807, 2.05) is 47.5 Å². The van der Waals surface area contributed by atoms with Gasteiger partial charge in [0.2, 0.25) is 0 Å². The van der Waals surface area contributed by atoms with E-state index in [4.69, 9.17) is 4.42 Å². The summed E-state index contributed by atoms with van der Waals surface area (Å²) in [5.41, 5.74) is 1.21. The normalized spacial score (nSPS) is 11.0. The zero-order valence-electron chi connectivity index (χ0n) is 14.8. The second kappa shape index (κ2) is 7.25. The SMILES string of the molecule is Cn1cccc1CN(Cc1cccs1)C(=O)c1cc(=O)c2ccccc2o1. The lowest BCUT2D eigenvalue weighted by atomic mass is 10.2. The highest BCUT2D eigenvalue weighted by Gasteiger charge is 2.21. The van der Waals surface area contributed by atoms with Crippen LogP contribution in [0.4, 0.5) is 0 Å². The van der Waals surface area contributed by atoms with Crippen molar-refractivity contribution in [2.24, 2.45) is 7.05 Å². The summed E-state index contributed by atoms with van der Waals surface area (Å²) >= 11 is 1.59. The molecule has 1 aromatic carbocycles. The van der Waals surface area contributed by atoms with Gasteiger partial charge in [0.25, 0.3) is 5.91 Å². The molecule has 0 aliphatic rings. The molecule has 0 saturated heterocycles. The van der Waals surface area contributed by atoms with Crippen molar-refractivity contribution in [1.29, 1.82) is 0 Å². The van der Waals surface area contributed by atoms with Crippen molar-refractivity contribution in [1.82, 2.24) is 9.47 Å². The number of hydrogen-bond donors (Lipinski definition) is 0. The number of para-hydroxylation sites is 1. The molecule has 0 fully saturated rings. The Balaban J connectivity index is 1.71. The van der Waals surface area contributed by atoms with Gasteiger partial charge in [-0.15, -0.1) is 11.3 Å². The molecule has 136 valence electrons. The number of amides is 1. The first-order valence-electron chi connectivity index (χ1n) is 8.56. The van der Waals surface area contributed by atoms with Crippen LogP contribution < -0.4 is 5.43 Å². The van der Waals surface area contributed by atoms with Crippen molar-refractivity contribution in [3.63, 3.8) is 0 Å². The zero-order valence-corrected chi connectivity index (χ0v) is 15.6. The second-order valence-electron chi connectivity index (χ2n) is 6.32. The molecule has 0 spiro atoms. The number of benzene rings is 1. The number of hydrogen-bond acceptors (Lipinski definition) is 4. The first-order valence-corrected chi connectivity index (χ1v) is 9.44. The average Bonchev–Trinajstić information content (AvgIpc) is 3.33. The lowest BCUT2D eigenvalue weighted by Gasteiger charge is -2.22. The third-order valence-electron chi connectivity index (χ3n) is 4.46. The van der Waals surface area contributed by atoms with Gasteiger partial charge in [0, 0.05) is 29.9 Å². The first kappa shape index (κ1) is 17.3. The lowest BCUT2D eigenvalue weighted by molar-refractivity contribution is 0.0696. The smallest absolute Gasteiger partial charge is 0.290 e. The minimum absolute atomic E-state index is 0.0597. The van der Waals surface area contributed by atoms with E-state index in [0.29, 0.717) is 24.1 Å². The Morgan fingerprint density at radius 3 is 2.70 bits per heavy atom. The Hall–Kier alpha value is -3.12. The monoisotopic (exact) mass is 378 g/mol. The molecule has 1 amide bonds. The molecule has 0 bridgehead atoms. The summed E-state index contributed by atoms with van der Waals surface area (Å²) in [6, 6.07) is 16.1. The van der Waals surface area contributed by atoms with Gasteiger partial charge in [0.15, 0.2) is 11.2 Å². The topological polar surface area (TPSA) is 55.5 Å². The van der Waals surface area contributed by atoms with Crippen LogP contribution in [0.3, 0.4) is 0 Å². The van der Waals surface area contributed by atoms with Crippen LogP contribution in [0.2, 0.25) is 0 Å². The van der Waals surface area contributed by atoms with E-state index in [-0.39, 0.29) is 17.1 Å². The lowest BCUT2D eigenvalue weighted by Crippen LogP contribution is -2.31. The van der Waals surface area contributed by atoms with E-state index in [0.717, 1.165) is 10.6 Å². The maximum Gasteiger partial charge on any atom is 0.290 e. The third kappa shape index (κ3) is 3.57. The van der Waals surface area contributed by atoms with E-state index in [1.54, 1.807) is 40.5 Å². The predicted octanol–water partition coefficient (Wildman–Crippen LogP) is 4.04. The number of rotatable bonds is 5. The van der Waals surface area contributed by atoms with Crippen LogP contribution >= 0.6 is 11.3 Å². The van der Waals surface area contributed by atoms with Crippen LogP contribution in [0.25, 0.3) is 11.0 Å². The van der Waals surface area contributed by atoms with Crippen LogP contribution in [0.1, 0.15) is 21.1 Å². The zero-order chi connectivity index (χ0) is 18.8. The highest BCUT2D eigenvalue weighted by atomic mass is 32.1. The summed E-state index contributed by atoms with van der Waals surface area (Å²) in [4.78, 5) is 28.3. The second-order valence-corrected chi connectivity index (χ2v) is 7.35. The van der Waals surface area contributed by atoms with Gasteiger partial charge in [0.05, 0.1) is 18.5 Å². The molecule has 3 aromatic heterocycles. The van der Waals surface area contributed by atoms with E-state index in [2.05, 4.69) is 0 Å². The summed E-state index contributed by atoms with van der Waals surface area (Å²) in [7, 11) is 1.94.